The number of nitrogens with zero attached hydrogens (tertiary/aromatic N) is 1. The fourth-order valence-corrected chi connectivity index (χ4v) is 3.42. The first-order valence-electron chi connectivity index (χ1n) is 8.91. The molecule has 3 rings (SSSR count). The van der Waals surface area contributed by atoms with Crippen molar-refractivity contribution in [1.82, 2.24) is 10.2 Å². The van der Waals surface area contributed by atoms with E-state index in [4.69, 9.17) is 4.74 Å². The van der Waals surface area contributed by atoms with Crippen LogP contribution in [0.3, 0.4) is 0 Å². The molecule has 4 nitrogen and oxygen atoms in total. The van der Waals surface area contributed by atoms with Crippen LogP contribution in [0.4, 0.5) is 0 Å². The van der Waals surface area contributed by atoms with Crippen molar-refractivity contribution in [2.24, 2.45) is 0 Å². The third-order valence-electron chi connectivity index (χ3n) is 4.85. The average Bonchev–Trinajstić information content (AvgIpc) is 3.17. The van der Waals surface area contributed by atoms with Crippen LogP contribution in [-0.4, -0.2) is 37.6 Å². The van der Waals surface area contributed by atoms with Crippen LogP contribution >= 0.6 is 12.4 Å². The first-order chi connectivity index (χ1) is 12.2. The zero-order valence-electron chi connectivity index (χ0n) is 15.4. The molecule has 0 spiro atoms. The van der Waals surface area contributed by atoms with Crippen molar-refractivity contribution in [1.29, 1.82) is 0 Å². The molecular formula is C21H27ClN2O2. The number of halogens is 1. The zero-order valence-corrected chi connectivity index (χ0v) is 16.2. The van der Waals surface area contributed by atoms with E-state index in [-0.39, 0.29) is 24.4 Å². The molecule has 2 aromatic carbocycles. The number of amides is 1. The average molecular weight is 375 g/mol. The van der Waals surface area contributed by atoms with E-state index in [0.717, 1.165) is 13.1 Å². The van der Waals surface area contributed by atoms with Crippen molar-refractivity contribution >= 4 is 18.3 Å². The highest BCUT2D eigenvalue weighted by molar-refractivity contribution is 5.96. The second-order valence-electron chi connectivity index (χ2n) is 6.58. The van der Waals surface area contributed by atoms with Gasteiger partial charge in [0.2, 0.25) is 0 Å². The number of carbonyl (C=O) groups is 1. The molecule has 0 saturated carbocycles. The highest BCUT2D eigenvalue weighted by Crippen LogP contribution is 2.25. The van der Waals surface area contributed by atoms with Crippen molar-refractivity contribution in [3.8, 4) is 5.75 Å². The Hall–Kier alpha value is -2.04. The minimum Gasteiger partial charge on any atom is -0.496 e. The summed E-state index contributed by atoms with van der Waals surface area (Å²) >= 11 is 0. The molecule has 1 N–H and O–H groups in total. The van der Waals surface area contributed by atoms with Crippen molar-refractivity contribution in [2.75, 3.05) is 26.7 Å². The molecule has 26 heavy (non-hydrogen) atoms. The molecule has 1 saturated heterocycles. The van der Waals surface area contributed by atoms with Gasteiger partial charge in [-0.2, -0.15) is 0 Å². The molecule has 0 bridgehead atoms. The lowest BCUT2D eigenvalue weighted by atomic mass is 10.0. The maximum absolute atomic E-state index is 12.6. The van der Waals surface area contributed by atoms with E-state index < -0.39 is 0 Å². The van der Waals surface area contributed by atoms with Gasteiger partial charge in [-0.1, -0.05) is 42.0 Å². The molecule has 1 atom stereocenters. The molecule has 0 aliphatic carbocycles. The van der Waals surface area contributed by atoms with Crippen molar-refractivity contribution in [3.63, 3.8) is 0 Å². The summed E-state index contributed by atoms with van der Waals surface area (Å²) in [6, 6.07) is 16.2. The molecular weight excluding hydrogens is 348 g/mol. The molecule has 1 fully saturated rings. The number of benzene rings is 2. The van der Waals surface area contributed by atoms with Gasteiger partial charge in [0.15, 0.2) is 0 Å². The van der Waals surface area contributed by atoms with Crippen LogP contribution in [0.2, 0.25) is 0 Å². The number of nitrogens with one attached hydrogen (secondary N) is 1. The SMILES string of the molecule is COc1ccccc1C(=O)NCC(c1ccc(C)cc1)N1CCCC1.Cl. The Kier molecular flexibility index (Phi) is 7.49. The Bertz CT molecular complexity index is 712. The van der Waals surface area contributed by atoms with Crippen LogP contribution in [0.15, 0.2) is 48.5 Å². The summed E-state index contributed by atoms with van der Waals surface area (Å²) < 4.78 is 5.30. The molecule has 1 aliphatic rings. The first-order valence-corrected chi connectivity index (χ1v) is 8.91. The standard InChI is InChI=1S/C21H26N2O2.ClH/c1-16-9-11-17(12-10-16)19(23-13-5-6-14-23)15-22-21(24)18-7-3-4-8-20(18)25-2;/h3-4,7-12,19H,5-6,13-15H2,1-2H3,(H,22,24);1H. The van der Waals surface area contributed by atoms with E-state index in [2.05, 4.69) is 41.4 Å². The molecule has 0 aromatic heterocycles. The van der Waals surface area contributed by atoms with E-state index >= 15 is 0 Å². The summed E-state index contributed by atoms with van der Waals surface area (Å²) in [4.78, 5) is 15.1. The molecule has 0 radical (unpaired) electrons. The van der Waals surface area contributed by atoms with Gasteiger partial charge in [0.05, 0.1) is 18.7 Å². The van der Waals surface area contributed by atoms with Crippen LogP contribution in [0.5, 0.6) is 5.75 Å². The Morgan fingerprint density at radius 3 is 2.42 bits per heavy atom. The predicted octanol–water partition coefficient (Wildman–Crippen LogP) is 3.99. The van der Waals surface area contributed by atoms with Gasteiger partial charge in [-0.25, -0.2) is 0 Å². The fraction of sp³-hybridized carbons (Fsp3) is 0.381. The van der Waals surface area contributed by atoms with E-state index in [1.165, 1.54) is 24.0 Å². The molecule has 1 aliphatic heterocycles. The van der Waals surface area contributed by atoms with E-state index in [1.54, 1.807) is 13.2 Å². The van der Waals surface area contributed by atoms with E-state index in [1.807, 2.05) is 18.2 Å². The lowest BCUT2D eigenvalue weighted by Crippen LogP contribution is -2.36. The zero-order chi connectivity index (χ0) is 17.6. The lowest BCUT2D eigenvalue weighted by Gasteiger charge is -2.28. The number of rotatable bonds is 6. The van der Waals surface area contributed by atoms with E-state index in [9.17, 15) is 4.79 Å². The summed E-state index contributed by atoms with van der Waals surface area (Å²) in [5.74, 6) is 0.516. The number of hydrogen-bond acceptors (Lipinski definition) is 3. The topological polar surface area (TPSA) is 41.6 Å². The molecule has 2 aromatic rings. The monoisotopic (exact) mass is 374 g/mol. The quantitative estimate of drug-likeness (QED) is 0.831. The Morgan fingerprint density at radius 1 is 1.12 bits per heavy atom. The number of hydrogen-bond donors (Lipinski definition) is 1. The Balaban J connectivity index is 0.00000243. The van der Waals surface area contributed by atoms with Crippen molar-refractivity contribution in [2.45, 2.75) is 25.8 Å². The molecule has 1 heterocycles. The van der Waals surface area contributed by atoms with Gasteiger partial charge >= 0.3 is 0 Å². The summed E-state index contributed by atoms with van der Waals surface area (Å²) in [5.41, 5.74) is 3.09. The second kappa shape index (κ2) is 9.60. The number of methoxy groups -OCH3 is 1. The van der Waals surface area contributed by atoms with Crippen molar-refractivity contribution < 1.29 is 9.53 Å². The third-order valence-corrected chi connectivity index (χ3v) is 4.85. The first kappa shape index (κ1) is 20.3. The second-order valence-corrected chi connectivity index (χ2v) is 6.58. The van der Waals surface area contributed by atoms with Gasteiger partial charge in [0.1, 0.15) is 5.75 Å². The Morgan fingerprint density at radius 2 is 1.77 bits per heavy atom. The minimum atomic E-state index is -0.0891. The highest BCUT2D eigenvalue weighted by atomic mass is 35.5. The van der Waals surface area contributed by atoms with Crippen LogP contribution < -0.4 is 10.1 Å². The van der Waals surface area contributed by atoms with Gasteiger partial charge < -0.3 is 10.1 Å². The fourth-order valence-electron chi connectivity index (χ4n) is 3.42. The smallest absolute Gasteiger partial charge is 0.255 e. The van der Waals surface area contributed by atoms with Crippen LogP contribution in [0.25, 0.3) is 0 Å². The van der Waals surface area contributed by atoms with Crippen LogP contribution in [0.1, 0.15) is 40.4 Å². The highest BCUT2D eigenvalue weighted by Gasteiger charge is 2.24. The lowest BCUT2D eigenvalue weighted by molar-refractivity contribution is 0.0935. The molecule has 1 unspecified atom stereocenters. The van der Waals surface area contributed by atoms with Gasteiger partial charge in [-0.3, -0.25) is 9.69 Å². The van der Waals surface area contributed by atoms with E-state index in [0.29, 0.717) is 17.9 Å². The van der Waals surface area contributed by atoms with Gasteiger partial charge in [0.25, 0.3) is 5.91 Å². The van der Waals surface area contributed by atoms with Gasteiger partial charge in [-0.05, 0) is 50.6 Å². The summed E-state index contributed by atoms with van der Waals surface area (Å²) in [5, 5.41) is 3.10. The number of ether oxygens (including phenoxy) is 1. The molecule has 1 amide bonds. The minimum absolute atomic E-state index is 0. The third kappa shape index (κ3) is 4.77. The number of likely N-dealkylation sites (tertiary alicyclic amines) is 1. The molecule has 5 heteroatoms. The summed E-state index contributed by atoms with van der Waals surface area (Å²) in [6.07, 6.45) is 2.45. The van der Waals surface area contributed by atoms with Crippen LogP contribution in [0, 0.1) is 6.92 Å². The number of carbonyl (C=O) groups excluding carboxylic acids is 1. The number of aryl methyl sites for hydroxylation is 1. The summed E-state index contributed by atoms with van der Waals surface area (Å²) in [6.45, 7) is 4.87. The van der Waals surface area contributed by atoms with Crippen molar-refractivity contribution in [3.05, 3.63) is 65.2 Å². The molecule has 140 valence electrons. The van der Waals surface area contributed by atoms with Gasteiger partial charge in [0, 0.05) is 6.54 Å². The van der Waals surface area contributed by atoms with Gasteiger partial charge in [-0.15, -0.1) is 12.4 Å². The maximum Gasteiger partial charge on any atom is 0.255 e. The largest absolute Gasteiger partial charge is 0.496 e. The normalized spacial score (nSPS) is 15.2. The number of para-hydroxylation sites is 1. The predicted molar refractivity (Wildman–Crippen MR) is 107 cm³/mol. The maximum atomic E-state index is 12.6. The Labute approximate surface area is 162 Å². The van der Waals surface area contributed by atoms with Crippen LogP contribution in [-0.2, 0) is 0 Å². The summed E-state index contributed by atoms with van der Waals surface area (Å²) in [7, 11) is 1.59.